The van der Waals surface area contributed by atoms with Gasteiger partial charge in [-0.3, -0.25) is 0 Å². The number of rotatable bonds is 5. The number of hydrogen-bond acceptors (Lipinski definition) is 4. The van der Waals surface area contributed by atoms with Crippen molar-refractivity contribution >= 4 is 5.57 Å². The molecule has 0 saturated carbocycles. The van der Waals surface area contributed by atoms with E-state index in [4.69, 9.17) is 14.2 Å². The van der Waals surface area contributed by atoms with Crippen molar-refractivity contribution in [3.05, 3.63) is 35.9 Å². The first-order valence-corrected chi connectivity index (χ1v) is 7.12. The van der Waals surface area contributed by atoms with Gasteiger partial charge in [-0.2, -0.15) is 0 Å². The fraction of sp³-hybridized carbons (Fsp3) is 0.500. The Labute approximate surface area is 119 Å². The van der Waals surface area contributed by atoms with E-state index in [1.807, 2.05) is 12.1 Å². The van der Waals surface area contributed by atoms with Gasteiger partial charge < -0.3 is 19.5 Å². The fourth-order valence-electron chi connectivity index (χ4n) is 2.75. The third-order valence-electron chi connectivity index (χ3n) is 3.72. The highest BCUT2D eigenvalue weighted by molar-refractivity contribution is 5.68. The van der Waals surface area contributed by atoms with Gasteiger partial charge in [0.25, 0.3) is 0 Å². The maximum absolute atomic E-state index is 5.59. The standard InChI is InChI=1S/C16H21NO3/c1-18-6-7-20-16-4-2-12(3-5-16)13-8-14-10-19-11-15(9-13)17-14/h2-5,8,14-15,17H,6-7,9-11H2,1H3. The molecular weight excluding hydrogens is 254 g/mol. The highest BCUT2D eigenvalue weighted by Gasteiger charge is 2.26. The van der Waals surface area contributed by atoms with Gasteiger partial charge in [0.05, 0.1) is 19.8 Å². The lowest BCUT2D eigenvalue weighted by Gasteiger charge is -2.35. The summed E-state index contributed by atoms with van der Waals surface area (Å²) in [5.41, 5.74) is 2.69. The van der Waals surface area contributed by atoms with Crippen molar-refractivity contribution < 1.29 is 14.2 Å². The first-order valence-electron chi connectivity index (χ1n) is 7.12. The van der Waals surface area contributed by atoms with Crippen LogP contribution in [-0.2, 0) is 9.47 Å². The largest absolute Gasteiger partial charge is 0.491 e. The molecule has 0 aromatic heterocycles. The van der Waals surface area contributed by atoms with E-state index in [2.05, 4.69) is 23.5 Å². The number of nitrogens with one attached hydrogen (secondary N) is 1. The molecule has 2 aliphatic rings. The van der Waals surface area contributed by atoms with Crippen LogP contribution < -0.4 is 10.1 Å². The van der Waals surface area contributed by atoms with Crippen molar-refractivity contribution in [3.63, 3.8) is 0 Å². The summed E-state index contributed by atoms with van der Waals surface area (Å²) in [6.07, 6.45) is 3.32. The van der Waals surface area contributed by atoms with Gasteiger partial charge in [-0.25, -0.2) is 0 Å². The predicted octanol–water partition coefficient (Wildman–Crippen LogP) is 1.86. The number of fused-ring (bicyclic) bond motifs is 2. The average Bonchev–Trinajstić information content (AvgIpc) is 2.48. The van der Waals surface area contributed by atoms with Crippen LogP contribution in [0.25, 0.3) is 5.57 Å². The summed E-state index contributed by atoms with van der Waals surface area (Å²) in [4.78, 5) is 0. The van der Waals surface area contributed by atoms with Gasteiger partial charge in [-0.05, 0) is 29.7 Å². The Balaban J connectivity index is 1.66. The maximum Gasteiger partial charge on any atom is 0.119 e. The SMILES string of the molecule is COCCOc1ccc(C2=CC3COCC(C2)N3)cc1. The lowest BCUT2D eigenvalue weighted by atomic mass is 9.92. The Hall–Kier alpha value is -1.36. The topological polar surface area (TPSA) is 39.7 Å². The summed E-state index contributed by atoms with van der Waals surface area (Å²) in [7, 11) is 1.68. The summed E-state index contributed by atoms with van der Waals surface area (Å²) in [5, 5.41) is 3.56. The molecule has 1 aromatic rings. The van der Waals surface area contributed by atoms with Gasteiger partial charge in [-0.15, -0.1) is 0 Å². The molecule has 0 radical (unpaired) electrons. The molecular formula is C16H21NO3. The summed E-state index contributed by atoms with van der Waals surface area (Å²) < 4.78 is 16.1. The minimum atomic E-state index is 0.357. The van der Waals surface area contributed by atoms with Gasteiger partial charge in [0, 0.05) is 19.2 Å². The van der Waals surface area contributed by atoms with Crippen LogP contribution in [0.15, 0.2) is 30.3 Å². The molecule has 1 saturated heterocycles. The van der Waals surface area contributed by atoms with Crippen molar-refractivity contribution in [2.75, 3.05) is 33.5 Å². The lowest BCUT2D eigenvalue weighted by molar-refractivity contribution is 0.0561. The Morgan fingerprint density at radius 2 is 2.05 bits per heavy atom. The Morgan fingerprint density at radius 1 is 1.20 bits per heavy atom. The quantitative estimate of drug-likeness (QED) is 0.833. The fourth-order valence-corrected chi connectivity index (χ4v) is 2.75. The lowest BCUT2D eigenvalue weighted by Crippen LogP contribution is -2.50. The zero-order chi connectivity index (χ0) is 13.8. The molecule has 1 aromatic carbocycles. The van der Waals surface area contributed by atoms with E-state index in [0.717, 1.165) is 25.4 Å². The maximum atomic E-state index is 5.59. The number of benzene rings is 1. The van der Waals surface area contributed by atoms with Crippen molar-refractivity contribution in [2.24, 2.45) is 0 Å². The van der Waals surface area contributed by atoms with Gasteiger partial charge in [-0.1, -0.05) is 18.2 Å². The van der Waals surface area contributed by atoms with Crippen molar-refractivity contribution in [2.45, 2.75) is 18.5 Å². The monoisotopic (exact) mass is 275 g/mol. The number of hydrogen-bond donors (Lipinski definition) is 1. The van der Waals surface area contributed by atoms with E-state index in [9.17, 15) is 0 Å². The molecule has 4 nitrogen and oxygen atoms in total. The van der Waals surface area contributed by atoms with Gasteiger partial charge in [0.1, 0.15) is 12.4 Å². The molecule has 0 aliphatic carbocycles. The Kier molecular flexibility index (Phi) is 4.35. The van der Waals surface area contributed by atoms with E-state index < -0.39 is 0 Å². The van der Waals surface area contributed by atoms with Crippen LogP contribution in [0, 0.1) is 0 Å². The smallest absolute Gasteiger partial charge is 0.119 e. The molecule has 108 valence electrons. The molecule has 1 N–H and O–H groups in total. The highest BCUT2D eigenvalue weighted by atomic mass is 16.5. The van der Waals surface area contributed by atoms with E-state index in [-0.39, 0.29) is 0 Å². The first kappa shape index (κ1) is 13.6. The second-order valence-electron chi connectivity index (χ2n) is 5.27. The summed E-state index contributed by atoms with van der Waals surface area (Å²) in [6, 6.07) is 9.13. The molecule has 2 aliphatic heterocycles. The molecule has 2 unspecified atom stereocenters. The third-order valence-corrected chi connectivity index (χ3v) is 3.72. The molecule has 0 spiro atoms. The van der Waals surface area contributed by atoms with Crippen LogP contribution in [0.2, 0.25) is 0 Å². The second-order valence-corrected chi connectivity index (χ2v) is 5.27. The minimum Gasteiger partial charge on any atom is -0.491 e. The van der Waals surface area contributed by atoms with Crippen molar-refractivity contribution in [1.29, 1.82) is 0 Å². The number of ether oxygens (including phenoxy) is 3. The second kappa shape index (κ2) is 6.39. The van der Waals surface area contributed by atoms with Crippen LogP contribution in [0.4, 0.5) is 0 Å². The average molecular weight is 275 g/mol. The summed E-state index contributed by atoms with van der Waals surface area (Å²) in [5.74, 6) is 0.892. The van der Waals surface area contributed by atoms with Crippen LogP contribution >= 0.6 is 0 Å². The van der Waals surface area contributed by atoms with Crippen LogP contribution in [-0.4, -0.2) is 45.6 Å². The molecule has 2 heterocycles. The zero-order valence-electron chi connectivity index (χ0n) is 11.8. The molecule has 2 atom stereocenters. The normalized spacial score (nSPS) is 25.1. The van der Waals surface area contributed by atoms with Crippen LogP contribution in [0.5, 0.6) is 5.75 Å². The minimum absolute atomic E-state index is 0.357. The summed E-state index contributed by atoms with van der Waals surface area (Å²) >= 11 is 0. The molecule has 1 fully saturated rings. The summed E-state index contributed by atoms with van der Waals surface area (Å²) in [6.45, 7) is 2.79. The number of morpholine rings is 1. The van der Waals surface area contributed by atoms with Crippen LogP contribution in [0.1, 0.15) is 12.0 Å². The molecule has 20 heavy (non-hydrogen) atoms. The zero-order valence-corrected chi connectivity index (χ0v) is 11.8. The van der Waals surface area contributed by atoms with Crippen LogP contribution in [0.3, 0.4) is 0 Å². The van der Waals surface area contributed by atoms with Gasteiger partial charge >= 0.3 is 0 Å². The van der Waals surface area contributed by atoms with Crippen molar-refractivity contribution in [1.82, 2.24) is 5.32 Å². The van der Waals surface area contributed by atoms with Gasteiger partial charge in [0.15, 0.2) is 0 Å². The predicted molar refractivity (Wildman–Crippen MR) is 77.9 cm³/mol. The molecule has 2 bridgehead atoms. The highest BCUT2D eigenvalue weighted by Crippen LogP contribution is 2.27. The van der Waals surface area contributed by atoms with E-state index in [1.54, 1.807) is 7.11 Å². The number of methoxy groups -OCH3 is 1. The van der Waals surface area contributed by atoms with E-state index in [1.165, 1.54) is 11.1 Å². The van der Waals surface area contributed by atoms with E-state index in [0.29, 0.717) is 25.3 Å². The van der Waals surface area contributed by atoms with E-state index >= 15 is 0 Å². The molecule has 3 rings (SSSR count). The Morgan fingerprint density at radius 3 is 2.80 bits per heavy atom. The Bertz CT molecular complexity index is 469. The van der Waals surface area contributed by atoms with Gasteiger partial charge in [0.2, 0.25) is 0 Å². The first-order chi connectivity index (χ1) is 9.85. The molecule has 4 heteroatoms. The third kappa shape index (κ3) is 3.20. The molecule has 0 amide bonds. The van der Waals surface area contributed by atoms with Crippen molar-refractivity contribution in [3.8, 4) is 5.75 Å².